The average molecular weight is 342 g/mol. The van der Waals surface area contributed by atoms with Crippen molar-refractivity contribution in [2.75, 3.05) is 0 Å². The maximum Gasteiger partial charge on any atom is 0.393 e. The lowest BCUT2D eigenvalue weighted by Gasteiger charge is -2.08. The van der Waals surface area contributed by atoms with Gasteiger partial charge in [0.1, 0.15) is 22.6 Å². The fourth-order valence-corrected chi connectivity index (χ4v) is 1.90. The van der Waals surface area contributed by atoms with Crippen LogP contribution in [0, 0.1) is 0 Å². The van der Waals surface area contributed by atoms with Crippen LogP contribution < -0.4 is 9.47 Å². The van der Waals surface area contributed by atoms with E-state index in [1.54, 1.807) is 0 Å². The number of aromatic carboxylic acids is 2. The summed E-state index contributed by atoms with van der Waals surface area (Å²) in [5.74, 6) is -5.07. The van der Waals surface area contributed by atoms with Crippen LogP contribution in [0.4, 0.5) is 9.59 Å². The fraction of sp³-hybridized carbons (Fsp3) is 0. The second kappa shape index (κ2) is 7.78. The third-order valence-electron chi connectivity index (χ3n) is 2.97. The van der Waals surface area contributed by atoms with E-state index in [9.17, 15) is 19.2 Å². The number of hydrogen-bond acceptors (Lipinski definition) is 6. The Labute approximate surface area is 141 Å². The lowest BCUT2D eigenvalue weighted by atomic mass is 9.79. The molecule has 126 valence electrons. The largest absolute Gasteiger partial charge is 0.478 e. The van der Waals surface area contributed by atoms with Crippen molar-refractivity contribution in [1.82, 2.24) is 0 Å². The lowest BCUT2D eigenvalue weighted by Crippen LogP contribution is -2.27. The zero-order valence-corrected chi connectivity index (χ0v) is 12.7. The molecule has 8 nitrogen and oxygen atoms in total. The molecule has 25 heavy (non-hydrogen) atoms. The average Bonchev–Trinajstić information content (AvgIpc) is 2.55. The van der Waals surface area contributed by atoms with E-state index >= 15 is 0 Å². The number of hydrogen-bond donors (Lipinski definition) is 2. The molecule has 0 heterocycles. The molecular formula is C16H11BO8. The summed E-state index contributed by atoms with van der Waals surface area (Å²) in [7, 11) is -0.818. The zero-order valence-electron chi connectivity index (χ0n) is 12.7. The zero-order chi connectivity index (χ0) is 18.4. The van der Waals surface area contributed by atoms with E-state index in [0.717, 1.165) is 0 Å². The SMILES string of the molecule is O=C(BC(=O)Oc1ccccc1C(=O)O)Oc1ccccc1C(=O)O. The predicted octanol–water partition coefficient (Wildman–Crippen LogP) is 2.22. The molecule has 0 radical (unpaired) electrons. The van der Waals surface area contributed by atoms with E-state index in [1.165, 1.54) is 48.5 Å². The number of carbonyl (C=O) groups is 4. The van der Waals surface area contributed by atoms with E-state index in [4.69, 9.17) is 19.7 Å². The molecule has 0 aromatic heterocycles. The standard InChI is InChI=1S/C16H11BO8/c18-13(19)9-5-1-3-7-11(9)24-15(22)17-16(23)25-12-8-4-2-6-10(12)14(20)21/h1-8,17H,(H,18,19)(H,20,21). The maximum absolute atomic E-state index is 11.8. The minimum atomic E-state index is -1.29. The summed E-state index contributed by atoms with van der Waals surface area (Å²) < 4.78 is 9.71. The van der Waals surface area contributed by atoms with Crippen molar-refractivity contribution in [1.29, 1.82) is 0 Å². The van der Waals surface area contributed by atoms with Gasteiger partial charge in [-0.25, -0.2) is 9.59 Å². The number of ether oxygens (including phenoxy) is 2. The van der Waals surface area contributed by atoms with Crippen molar-refractivity contribution >= 4 is 31.0 Å². The Hall–Kier alpha value is -3.62. The summed E-state index contributed by atoms with van der Waals surface area (Å²) in [6, 6.07) is 10.9. The van der Waals surface area contributed by atoms with E-state index in [2.05, 4.69) is 0 Å². The molecule has 0 aliphatic heterocycles. The highest BCUT2D eigenvalue weighted by atomic mass is 16.5. The molecule has 0 saturated heterocycles. The van der Waals surface area contributed by atoms with Crippen LogP contribution in [0.25, 0.3) is 0 Å². The Morgan fingerprint density at radius 3 is 1.40 bits per heavy atom. The number of rotatable bonds is 6. The van der Waals surface area contributed by atoms with Gasteiger partial charge < -0.3 is 19.7 Å². The van der Waals surface area contributed by atoms with Gasteiger partial charge >= 0.3 is 19.2 Å². The number of benzene rings is 2. The normalized spacial score (nSPS) is 9.76. The van der Waals surface area contributed by atoms with Crippen molar-refractivity contribution in [3.8, 4) is 11.5 Å². The van der Waals surface area contributed by atoms with Crippen LogP contribution in [0.15, 0.2) is 48.5 Å². The summed E-state index contributed by atoms with van der Waals surface area (Å²) in [6.07, 6.45) is 0. The summed E-state index contributed by atoms with van der Waals surface area (Å²) in [5, 5.41) is 18.0. The quantitative estimate of drug-likeness (QED) is 0.765. The minimum absolute atomic E-state index is 0.210. The van der Waals surface area contributed by atoms with E-state index in [-0.39, 0.29) is 22.6 Å². The molecule has 0 amide bonds. The molecule has 0 unspecified atom stereocenters. The molecule has 0 saturated carbocycles. The summed E-state index contributed by atoms with van der Waals surface area (Å²) in [6.45, 7) is 0. The van der Waals surface area contributed by atoms with Gasteiger partial charge in [-0.1, -0.05) is 24.3 Å². The lowest BCUT2D eigenvalue weighted by molar-refractivity contribution is 0.0683. The van der Waals surface area contributed by atoms with Crippen LogP contribution in [0.5, 0.6) is 11.5 Å². The fourth-order valence-electron chi connectivity index (χ4n) is 1.90. The van der Waals surface area contributed by atoms with Crippen molar-refractivity contribution < 1.29 is 38.9 Å². The van der Waals surface area contributed by atoms with Gasteiger partial charge in [-0.2, -0.15) is 0 Å². The van der Waals surface area contributed by atoms with Gasteiger partial charge in [-0.3, -0.25) is 9.59 Å². The van der Waals surface area contributed by atoms with Gasteiger partial charge in [-0.05, 0) is 24.3 Å². The second-order valence-electron chi connectivity index (χ2n) is 4.73. The minimum Gasteiger partial charge on any atom is -0.478 e. The molecule has 0 bridgehead atoms. The van der Waals surface area contributed by atoms with Crippen molar-refractivity contribution in [2.24, 2.45) is 0 Å². The van der Waals surface area contributed by atoms with Crippen LogP contribution >= 0.6 is 0 Å². The van der Waals surface area contributed by atoms with Crippen LogP contribution in [-0.4, -0.2) is 41.2 Å². The summed E-state index contributed by atoms with van der Waals surface area (Å²) in [4.78, 5) is 45.6. The monoisotopic (exact) mass is 342 g/mol. The van der Waals surface area contributed by atoms with E-state index in [1.807, 2.05) is 0 Å². The number of para-hydroxylation sites is 2. The molecule has 2 aromatic carbocycles. The van der Waals surface area contributed by atoms with Crippen LogP contribution in [-0.2, 0) is 0 Å². The Morgan fingerprint density at radius 2 is 1.04 bits per heavy atom. The molecule has 2 N–H and O–H groups in total. The molecule has 0 aliphatic rings. The maximum atomic E-state index is 11.8. The number of carbonyl (C=O) groups excluding carboxylic acids is 2. The molecule has 2 rings (SSSR count). The highest BCUT2D eigenvalue weighted by Crippen LogP contribution is 2.19. The molecule has 0 atom stereocenters. The first-order valence-corrected chi connectivity index (χ1v) is 6.94. The van der Waals surface area contributed by atoms with Crippen LogP contribution in [0.3, 0.4) is 0 Å². The molecule has 9 heteroatoms. The number of carboxylic acids is 2. The summed E-state index contributed by atoms with van der Waals surface area (Å²) in [5.41, 5.74) is -0.471. The van der Waals surface area contributed by atoms with E-state index in [0.29, 0.717) is 0 Å². The van der Waals surface area contributed by atoms with Crippen molar-refractivity contribution in [2.45, 2.75) is 0 Å². The van der Waals surface area contributed by atoms with E-state index < -0.39 is 31.0 Å². The first kappa shape index (κ1) is 17.7. The Balaban J connectivity index is 2.03. The third kappa shape index (κ3) is 4.68. The van der Waals surface area contributed by atoms with Crippen molar-refractivity contribution in [3.05, 3.63) is 59.7 Å². The highest BCUT2D eigenvalue weighted by Gasteiger charge is 2.21. The Kier molecular flexibility index (Phi) is 5.52. The first-order valence-electron chi connectivity index (χ1n) is 6.94. The van der Waals surface area contributed by atoms with Crippen LogP contribution in [0.1, 0.15) is 20.7 Å². The molecule has 0 spiro atoms. The molecular weight excluding hydrogens is 331 g/mol. The second-order valence-corrected chi connectivity index (χ2v) is 4.73. The topological polar surface area (TPSA) is 127 Å². The van der Waals surface area contributed by atoms with Crippen molar-refractivity contribution in [3.63, 3.8) is 0 Å². The third-order valence-corrected chi connectivity index (χ3v) is 2.97. The summed E-state index contributed by atoms with van der Waals surface area (Å²) >= 11 is 0. The highest BCUT2D eigenvalue weighted by molar-refractivity contribution is 6.95. The molecule has 2 aromatic rings. The van der Waals surface area contributed by atoms with Gasteiger partial charge in [0.05, 0.1) is 0 Å². The van der Waals surface area contributed by atoms with Gasteiger partial charge in [-0.15, -0.1) is 0 Å². The van der Waals surface area contributed by atoms with Gasteiger partial charge in [0, 0.05) is 0 Å². The predicted molar refractivity (Wildman–Crippen MR) is 86.0 cm³/mol. The Bertz CT molecular complexity index is 776. The van der Waals surface area contributed by atoms with Gasteiger partial charge in [0.2, 0.25) is 0 Å². The first-order chi connectivity index (χ1) is 11.9. The van der Waals surface area contributed by atoms with Crippen LogP contribution in [0.2, 0.25) is 0 Å². The smallest absolute Gasteiger partial charge is 0.393 e. The van der Waals surface area contributed by atoms with Gasteiger partial charge in [0.25, 0.3) is 11.7 Å². The number of carboxylic acid groups (broad SMARTS) is 2. The molecule has 0 fully saturated rings. The van der Waals surface area contributed by atoms with Gasteiger partial charge in [0.15, 0.2) is 0 Å². The Morgan fingerprint density at radius 1 is 0.680 bits per heavy atom. The molecule has 0 aliphatic carbocycles.